The summed E-state index contributed by atoms with van der Waals surface area (Å²) in [5.74, 6) is 2.29. The minimum absolute atomic E-state index is 0.219. The lowest BCUT2D eigenvalue weighted by atomic mass is 9.84. The van der Waals surface area contributed by atoms with Crippen LogP contribution in [0.25, 0.3) is 0 Å². The normalized spacial score (nSPS) is 14.2. The van der Waals surface area contributed by atoms with Crippen LogP contribution in [0.15, 0.2) is 22.7 Å². The van der Waals surface area contributed by atoms with Gasteiger partial charge in [-0.1, -0.05) is 17.6 Å². The lowest BCUT2D eigenvalue weighted by molar-refractivity contribution is -0.136. The van der Waals surface area contributed by atoms with Crippen LogP contribution in [-0.4, -0.2) is 34.5 Å². The first-order chi connectivity index (χ1) is 12.0. The molecule has 0 radical (unpaired) electrons. The van der Waals surface area contributed by atoms with E-state index < -0.39 is 0 Å². The van der Waals surface area contributed by atoms with Crippen LogP contribution in [0.4, 0.5) is 0 Å². The van der Waals surface area contributed by atoms with Crippen LogP contribution in [0.3, 0.4) is 0 Å². The molecule has 25 heavy (non-hydrogen) atoms. The standard InChI is InChI=1S/C19H25N3O3/c1-13-9-14(2)11-16(10-13)24-12-18-20-17(21-25-18)7-8-22(3)19(23)15-5-4-6-15/h9-11,15H,4-8,12H2,1-3H3. The fourth-order valence-electron chi connectivity index (χ4n) is 2.96. The van der Waals surface area contributed by atoms with Gasteiger partial charge in [0.05, 0.1) is 0 Å². The van der Waals surface area contributed by atoms with Crippen molar-refractivity contribution in [2.75, 3.05) is 13.6 Å². The molecule has 0 aliphatic heterocycles. The Kier molecular flexibility index (Phi) is 5.36. The number of carbonyl (C=O) groups excluding carboxylic acids is 1. The average Bonchev–Trinajstić information content (AvgIpc) is 2.96. The Morgan fingerprint density at radius 2 is 2.00 bits per heavy atom. The largest absolute Gasteiger partial charge is 0.484 e. The van der Waals surface area contributed by atoms with Crippen LogP contribution in [0.1, 0.15) is 42.1 Å². The first kappa shape index (κ1) is 17.5. The quantitative estimate of drug-likeness (QED) is 0.773. The highest BCUT2D eigenvalue weighted by molar-refractivity contribution is 5.79. The molecule has 1 fully saturated rings. The van der Waals surface area contributed by atoms with Gasteiger partial charge >= 0.3 is 0 Å². The predicted molar refractivity (Wildman–Crippen MR) is 93.2 cm³/mol. The topological polar surface area (TPSA) is 68.5 Å². The number of nitrogens with zero attached hydrogens (tertiary/aromatic N) is 3. The Bertz CT molecular complexity index is 717. The molecule has 3 rings (SSSR count). The molecule has 2 aromatic rings. The van der Waals surface area contributed by atoms with Gasteiger partial charge in [-0.05, 0) is 49.9 Å². The number of aromatic nitrogens is 2. The number of likely N-dealkylation sites (N-methyl/N-ethyl adjacent to an activating group) is 1. The maximum Gasteiger partial charge on any atom is 0.264 e. The van der Waals surface area contributed by atoms with Crippen LogP contribution >= 0.6 is 0 Å². The van der Waals surface area contributed by atoms with Crippen molar-refractivity contribution in [3.8, 4) is 5.75 Å². The third-order valence-electron chi connectivity index (χ3n) is 4.57. The second kappa shape index (κ2) is 7.68. The van der Waals surface area contributed by atoms with E-state index in [4.69, 9.17) is 9.26 Å². The van der Waals surface area contributed by atoms with Crippen molar-refractivity contribution in [3.05, 3.63) is 41.0 Å². The number of hydrogen-bond acceptors (Lipinski definition) is 5. The Morgan fingerprint density at radius 3 is 2.64 bits per heavy atom. The van der Waals surface area contributed by atoms with Gasteiger partial charge in [0.15, 0.2) is 12.4 Å². The van der Waals surface area contributed by atoms with Gasteiger partial charge in [0.25, 0.3) is 5.89 Å². The summed E-state index contributed by atoms with van der Waals surface area (Å²) in [5, 5.41) is 3.97. The number of carbonyl (C=O) groups is 1. The van der Waals surface area contributed by atoms with E-state index in [0.29, 0.717) is 24.7 Å². The fourth-order valence-corrected chi connectivity index (χ4v) is 2.96. The SMILES string of the molecule is Cc1cc(C)cc(OCc2nc(CCN(C)C(=O)C3CCC3)no2)c1. The lowest BCUT2D eigenvalue weighted by Crippen LogP contribution is -2.37. The molecule has 0 bridgehead atoms. The molecule has 1 aliphatic carbocycles. The third-order valence-corrected chi connectivity index (χ3v) is 4.57. The van der Waals surface area contributed by atoms with E-state index in [0.717, 1.165) is 29.7 Å². The first-order valence-electron chi connectivity index (χ1n) is 8.79. The molecule has 6 heteroatoms. The number of rotatable bonds is 7. The maximum absolute atomic E-state index is 12.1. The maximum atomic E-state index is 12.1. The molecule has 1 aliphatic rings. The van der Waals surface area contributed by atoms with Crippen molar-refractivity contribution < 1.29 is 14.1 Å². The van der Waals surface area contributed by atoms with Crippen molar-refractivity contribution in [2.45, 2.75) is 46.1 Å². The van der Waals surface area contributed by atoms with E-state index >= 15 is 0 Å². The highest BCUT2D eigenvalue weighted by Crippen LogP contribution is 2.27. The molecule has 0 atom stereocenters. The summed E-state index contributed by atoms with van der Waals surface area (Å²) in [6.45, 7) is 4.91. The zero-order valence-corrected chi connectivity index (χ0v) is 15.1. The van der Waals surface area contributed by atoms with Crippen LogP contribution < -0.4 is 4.74 Å². The van der Waals surface area contributed by atoms with Crippen molar-refractivity contribution in [1.29, 1.82) is 0 Å². The Morgan fingerprint density at radius 1 is 1.28 bits per heavy atom. The number of amides is 1. The Balaban J connectivity index is 1.47. The Labute approximate surface area is 148 Å². The summed E-state index contributed by atoms with van der Waals surface area (Å²) < 4.78 is 11.0. The first-order valence-corrected chi connectivity index (χ1v) is 8.79. The molecular weight excluding hydrogens is 318 g/mol. The molecule has 1 aromatic carbocycles. The molecule has 1 saturated carbocycles. The molecule has 1 heterocycles. The van der Waals surface area contributed by atoms with Crippen LogP contribution in [0.5, 0.6) is 5.75 Å². The van der Waals surface area contributed by atoms with Gasteiger partial charge in [0.1, 0.15) is 5.75 Å². The molecule has 0 spiro atoms. The summed E-state index contributed by atoms with van der Waals surface area (Å²) in [6, 6.07) is 6.05. The van der Waals surface area contributed by atoms with Crippen LogP contribution in [0, 0.1) is 19.8 Å². The Hall–Kier alpha value is -2.37. The van der Waals surface area contributed by atoms with Gasteiger partial charge in [-0.2, -0.15) is 4.98 Å². The summed E-state index contributed by atoms with van der Waals surface area (Å²) >= 11 is 0. The highest BCUT2D eigenvalue weighted by atomic mass is 16.5. The summed E-state index contributed by atoms with van der Waals surface area (Å²) in [5.41, 5.74) is 2.31. The fraction of sp³-hybridized carbons (Fsp3) is 0.526. The zero-order chi connectivity index (χ0) is 17.8. The van der Waals surface area contributed by atoms with Gasteiger partial charge in [-0.3, -0.25) is 4.79 Å². The summed E-state index contributed by atoms with van der Waals surface area (Å²) in [7, 11) is 1.84. The van der Waals surface area contributed by atoms with E-state index in [1.165, 1.54) is 6.42 Å². The van der Waals surface area contributed by atoms with Crippen LogP contribution in [0.2, 0.25) is 0 Å². The smallest absolute Gasteiger partial charge is 0.264 e. The lowest BCUT2D eigenvalue weighted by Gasteiger charge is -2.28. The van der Waals surface area contributed by atoms with E-state index in [1.54, 1.807) is 4.90 Å². The monoisotopic (exact) mass is 343 g/mol. The van der Waals surface area contributed by atoms with Gasteiger partial charge in [-0.25, -0.2) is 0 Å². The van der Waals surface area contributed by atoms with Gasteiger partial charge in [0, 0.05) is 25.9 Å². The van der Waals surface area contributed by atoms with Gasteiger partial charge in [0.2, 0.25) is 5.91 Å². The highest BCUT2D eigenvalue weighted by Gasteiger charge is 2.27. The van der Waals surface area contributed by atoms with E-state index in [2.05, 4.69) is 16.2 Å². The number of hydrogen-bond donors (Lipinski definition) is 0. The second-order valence-corrected chi connectivity index (χ2v) is 6.85. The molecule has 1 aromatic heterocycles. The molecule has 0 N–H and O–H groups in total. The van der Waals surface area contributed by atoms with Crippen molar-refractivity contribution in [1.82, 2.24) is 15.0 Å². The zero-order valence-electron chi connectivity index (χ0n) is 15.1. The number of benzene rings is 1. The second-order valence-electron chi connectivity index (χ2n) is 6.85. The minimum atomic E-state index is 0.219. The van der Waals surface area contributed by atoms with Crippen molar-refractivity contribution in [3.63, 3.8) is 0 Å². The summed E-state index contributed by atoms with van der Waals surface area (Å²) in [6.07, 6.45) is 3.79. The van der Waals surface area contributed by atoms with Gasteiger partial charge in [-0.15, -0.1) is 0 Å². The van der Waals surface area contributed by atoms with Gasteiger partial charge < -0.3 is 14.2 Å². The minimum Gasteiger partial charge on any atom is -0.484 e. The molecule has 6 nitrogen and oxygen atoms in total. The van der Waals surface area contributed by atoms with E-state index in [-0.39, 0.29) is 18.4 Å². The average molecular weight is 343 g/mol. The molecular formula is C19H25N3O3. The van der Waals surface area contributed by atoms with E-state index in [1.807, 2.05) is 33.0 Å². The van der Waals surface area contributed by atoms with Crippen molar-refractivity contribution >= 4 is 5.91 Å². The van der Waals surface area contributed by atoms with E-state index in [9.17, 15) is 4.79 Å². The molecule has 0 saturated heterocycles. The number of aryl methyl sites for hydroxylation is 2. The van der Waals surface area contributed by atoms with Crippen LogP contribution in [-0.2, 0) is 17.8 Å². The van der Waals surface area contributed by atoms with Crippen molar-refractivity contribution in [2.24, 2.45) is 5.92 Å². The third kappa shape index (κ3) is 4.59. The number of ether oxygens (including phenoxy) is 1. The summed E-state index contributed by atoms with van der Waals surface area (Å²) in [4.78, 5) is 18.2. The predicted octanol–water partition coefficient (Wildman–Crippen LogP) is 3.07. The molecule has 1 amide bonds. The molecule has 134 valence electrons. The molecule has 0 unspecified atom stereocenters.